The molecule has 3 aromatic carbocycles. The van der Waals surface area contributed by atoms with Gasteiger partial charge in [-0.2, -0.15) is 16.9 Å². The standard InChI is InChI=1S/C25H26N2O4S/c1-29-22-13-20(14-23(30-2)24(22)31-3)15-26-27-25(28)21-11-9-19(10-12-21)17-32-16-18-7-5-4-6-8-18/h4-15H,16-17H2,1-3H3,(H,27,28)/b26-15+. The summed E-state index contributed by atoms with van der Waals surface area (Å²) in [5.41, 5.74) is 6.27. The quantitative estimate of drug-likeness (QED) is 0.351. The lowest BCUT2D eigenvalue weighted by Crippen LogP contribution is -2.17. The van der Waals surface area contributed by atoms with Crippen LogP contribution in [0.5, 0.6) is 17.2 Å². The Morgan fingerprint density at radius 2 is 1.47 bits per heavy atom. The highest BCUT2D eigenvalue weighted by atomic mass is 32.2. The fraction of sp³-hybridized carbons (Fsp3) is 0.200. The maximum atomic E-state index is 12.4. The Morgan fingerprint density at radius 3 is 2.03 bits per heavy atom. The molecule has 32 heavy (non-hydrogen) atoms. The van der Waals surface area contributed by atoms with Gasteiger partial charge in [0.05, 0.1) is 27.5 Å². The van der Waals surface area contributed by atoms with Gasteiger partial charge < -0.3 is 14.2 Å². The van der Waals surface area contributed by atoms with E-state index in [1.165, 1.54) is 17.3 Å². The van der Waals surface area contributed by atoms with Crippen LogP contribution in [0.15, 0.2) is 71.8 Å². The molecule has 166 valence electrons. The van der Waals surface area contributed by atoms with E-state index in [1.54, 1.807) is 33.5 Å². The molecular weight excluding hydrogens is 424 g/mol. The average Bonchev–Trinajstić information content (AvgIpc) is 2.84. The molecule has 7 heteroatoms. The summed E-state index contributed by atoms with van der Waals surface area (Å²) in [4.78, 5) is 12.4. The summed E-state index contributed by atoms with van der Waals surface area (Å²) in [6.45, 7) is 0. The first-order chi connectivity index (χ1) is 15.6. The zero-order chi connectivity index (χ0) is 22.8. The Hall–Kier alpha value is -3.45. The molecule has 0 aliphatic heterocycles. The van der Waals surface area contributed by atoms with Crippen molar-refractivity contribution in [2.24, 2.45) is 5.10 Å². The number of hydrazone groups is 1. The van der Waals surface area contributed by atoms with Gasteiger partial charge >= 0.3 is 0 Å². The Bertz CT molecular complexity index is 1030. The summed E-state index contributed by atoms with van der Waals surface area (Å²) >= 11 is 1.84. The Labute approximate surface area is 192 Å². The van der Waals surface area contributed by atoms with Gasteiger partial charge in [0.15, 0.2) is 11.5 Å². The third-order valence-corrected chi connectivity index (χ3v) is 5.74. The van der Waals surface area contributed by atoms with E-state index in [1.807, 2.05) is 54.2 Å². The summed E-state index contributed by atoms with van der Waals surface area (Å²) in [5, 5.41) is 4.05. The molecule has 6 nitrogen and oxygen atoms in total. The van der Waals surface area contributed by atoms with E-state index in [0.717, 1.165) is 11.5 Å². The summed E-state index contributed by atoms with van der Waals surface area (Å²) in [6.07, 6.45) is 1.52. The van der Waals surface area contributed by atoms with E-state index in [2.05, 4.69) is 22.7 Å². The van der Waals surface area contributed by atoms with Crippen LogP contribution in [0.25, 0.3) is 0 Å². The lowest BCUT2D eigenvalue weighted by atomic mass is 10.1. The van der Waals surface area contributed by atoms with Gasteiger partial charge in [0, 0.05) is 22.6 Å². The van der Waals surface area contributed by atoms with Crippen LogP contribution >= 0.6 is 11.8 Å². The van der Waals surface area contributed by atoms with Crippen molar-refractivity contribution in [3.63, 3.8) is 0 Å². The number of carbonyl (C=O) groups excluding carboxylic acids is 1. The molecule has 0 heterocycles. The van der Waals surface area contributed by atoms with Crippen LogP contribution in [0.2, 0.25) is 0 Å². The number of benzene rings is 3. The first-order valence-electron chi connectivity index (χ1n) is 9.98. The predicted molar refractivity (Wildman–Crippen MR) is 129 cm³/mol. The molecule has 0 spiro atoms. The highest BCUT2D eigenvalue weighted by Crippen LogP contribution is 2.37. The first-order valence-corrected chi connectivity index (χ1v) is 11.1. The largest absolute Gasteiger partial charge is 0.493 e. The van der Waals surface area contributed by atoms with E-state index in [9.17, 15) is 4.79 Å². The van der Waals surface area contributed by atoms with Crippen molar-refractivity contribution in [2.75, 3.05) is 21.3 Å². The molecule has 0 saturated carbocycles. The first kappa shape index (κ1) is 23.2. The van der Waals surface area contributed by atoms with Crippen LogP contribution < -0.4 is 19.6 Å². The maximum Gasteiger partial charge on any atom is 0.271 e. The van der Waals surface area contributed by atoms with E-state index in [-0.39, 0.29) is 5.91 Å². The lowest BCUT2D eigenvalue weighted by molar-refractivity contribution is 0.0955. The Balaban J connectivity index is 1.55. The van der Waals surface area contributed by atoms with Gasteiger partial charge in [0.1, 0.15) is 0 Å². The van der Waals surface area contributed by atoms with Crippen LogP contribution in [-0.2, 0) is 11.5 Å². The molecule has 0 saturated heterocycles. The SMILES string of the molecule is COc1cc(/C=N/NC(=O)c2ccc(CSCc3ccccc3)cc2)cc(OC)c1OC. The molecule has 0 aliphatic carbocycles. The maximum absolute atomic E-state index is 12.4. The summed E-state index contributed by atoms with van der Waals surface area (Å²) in [7, 11) is 4.63. The van der Waals surface area contributed by atoms with Crippen molar-refractivity contribution in [1.29, 1.82) is 0 Å². The summed E-state index contributed by atoms with van der Waals surface area (Å²) < 4.78 is 16.0. The molecule has 0 aromatic heterocycles. The van der Waals surface area contributed by atoms with E-state index in [0.29, 0.717) is 28.4 Å². The van der Waals surface area contributed by atoms with Gasteiger partial charge in [-0.1, -0.05) is 42.5 Å². The second kappa shape index (κ2) is 11.8. The topological polar surface area (TPSA) is 69.2 Å². The van der Waals surface area contributed by atoms with Crippen LogP contribution in [0.3, 0.4) is 0 Å². The second-order valence-electron chi connectivity index (χ2n) is 6.83. The highest BCUT2D eigenvalue weighted by molar-refractivity contribution is 7.97. The molecular formula is C25H26N2O4S. The van der Waals surface area contributed by atoms with Crippen LogP contribution in [0, 0.1) is 0 Å². The Kier molecular flexibility index (Phi) is 8.57. The Morgan fingerprint density at radius 1 is 0.875 bits per heavy atom. The van der Waals surface area contributed by atoms with Crippen LogP contribution in [0.4, 0.5) is 0 Å². The fourth-order valence-corrected chi connectivity index (χ4v) is 3.98. The number of hydrogen-bond donors (Lipinski definition) is 1. The number of methoxy groups -OCH3 is 3. The van der Waals surface area contributed by atoms with Crippen molar-refractivity contribution in [3.05, 3.63) is 89.0 Å². The number of ether oxygens (including phenoxy) is 3. The van der Waals surface area contributed by atoms with Gasteiger partial charge in [-0.15, -0.1) is 0 Å². The van der Waals surface area contributed by atoms with Crippen molar-refractivity contribution in [1.82, 2.24) is 5.43 Å². The fourth-order valence-electron chi connectivity index (χ4n) is 3.02. The molecule has 0 atom stereocenters. The zero-order valence-corrected chi connectivity index (χ0v) is 19.1. The van der Waals surface area contributed by atoms with Gasteiger partial charge in [0.25, 0.3) is 5.91 Å². The van der Waals surface area contributed by atoms with Crippen molar-refractivity contribution in [3.8, 4) is 17.2 Å². The van der Waals surface area contributed by atoms with Crippen molar-refractivity contribution in [2.45, 2.75) is 11.5 Å². The minimum absolute atomic E-state index is 0.280. The van der Waals surface area contributed by atoms with Gasteiger partial charge in [-0.05, 0) is 35.4 Å². The molecule has 0 aliphatic rings. The normalized spacial score (nSPS) is 10.7. The number of rotatable bonds is 10. The molecule has 0 bridgehead atoms. The van der Waals surface area contributed by atoms with E-state index < -0.39 is 0 Å². The number of hydrogen-bond acceptors (Lipinski definition) is 6. The predicted octanol–water partition coefficient (Wildman–Crippen LogP) is 4.91. The van der Waals surface area contributed by atoms with E-state index >= 15 is 0 Å². The molecule has 0 fully saturated rings. The van der Waals surface area contributed by atoms with Gasteiger partial charge in [-0.3, -0.25) is 4.79 Å². The van der Waals surface area contributed by atoms with E-state index in [4.69, 9.17) is 14.2 Å². The molecule has 1 amide bonds. The third kappa shape index (κ3) is 6.28. The number of carbonyl (C=O) groups is 1. The third-order valence-electron chi connectivity index (χ3n) is 4.66. The molecule has 0 radical (unpaired) electrons. The average molecular weight is 451 g/mol. The minimum atomic E-state index is -0.280. The number of thioether (sulfide) groups is 1. The van der Waals surface area contributed by atoms with Gasteiger partial charge in [0.2, 0.25) is 5.75 Å². The minimum Gasteiger partial charge on any atom is -0.493 e. The number of nitrogens with zero attached hydrogens (tertiary/aromatic N) is 1. The lowest BCUT2D eigenvalue weighted by Gasteiger charge is -2.12. The molecule has 0 unspecified atom stereocenters. The van der Waals surface area contributed by atoms with Gasteiger partial charge in [-0.25, -0.2) is 5.43 Å². The van der Waals surface area contributed by atoms with Crippen molar-refractivity contribution >= 4 is 23.9 Å². The smallest absolute Gasteiger partial charge is 0.271 e. The summed E-state index contributed by atoms with van der Waals surface area (Å²) in [5.74, 6) is 3.09. The monoisotopic (exact) mass is 450 g/mol. The second-order valence-corrected chi connectivity index (χ2v) is 7.82. The molecule has 3 aromatic rings. The molecule has 1 N–H and O–H groups in total. The van der Waals surface area contributed by atoms with Crippen LogP contribution in [0.1, 0.15) is 27.0 Å². The number of nitrogens with one attached hydrogen (secondary N) is 1. The van der Waals surface area contributed by atoms with Crippen LogP contribution in [-0.4, -0.2) is 33.5 Å². The number of amides is 1. The van der Waals surface area contributed by atoms with Crippen molar-refractivity contribution < 1.29 is 19.0 Å². The highest BCUT2D eigenvalue weighted by Gasteiger charge is 2.12. The zero-order valence-electron chi connectivity index (χ0n) is 18.3. The molecule has 3 rings (SSSR count). The summed E-state index contributed by atoms with van der Waals surface area (Å²) in [6, 6.07) is 21.4.